The fraction of sp³-hybridized carbons (Fsp3) is 0.417. The number of aromatic nitrogens is 2. The third-order valence-electron chi connectivity index (χ3n) is 5.62. The minimum atomic E-state index is -3.73. The van der Waals surface area contributed by atoms with Crippen LogP contribution in [-0.4, -0.2) is 24.2 Å². The number of aryl methyl sites for hydroxylation is 1. The van der Waals surface area contributed by atoms with Gasteiger partial charge in [-0.25, -0.2) is 13.1 Å². The highest BCUT2D eigenvalue weighted by Crippen LogP contribution is 2.34. The molecule has 2 heterocycles. The van der Waals surface area contributed by atoms with Crippen molar-refractivity contribution < 1.29 is 17.7 Å². The molecule has 3 aromatic rings. The first-order chi connectivity index (χ1) is 14.9. The second-order valence-electron chi connectivity index (χ2n) is 9.79. The Morgan fingerprint density at radius 3 is 2.50 bits per heavy atom. The molecule has 0 spiro atoms. The summed E-state index contributed by atoms with van der Waals surface area (Å²) in [4.78, 5) is 4.52. The molecule has 1 aliphatic heterocycles. The fourth-order valence-corrected chi connectivity index (χ4v) is 4.63. The molecule has 0 atom stereocenters. The van der Waals surface area contributed by atoms with Gasteiger partial charge in [0.05, 0.1) is 11.4 Å². The van der Waals surface area contributed by atoms with Gasteiger partial charge in [0.1, 0.15) is 11.4 Å². The van der Waals surface area contributed by atoms with Crippen molar-refractivity contribution in [3.05, 3.63) is 59.5 Å². The molecule has 7 nitrogen and oxygen atoms in total. The first-order valence-corrected chi connectivity index (χ1v) is 12.2. The van der Waals surface area contributed by atoms with Crippen LogP contribution in [0.1, 0.15) is 58.1 Å². The van der Waals surface area contributed by atoms with Crippen LogP contribution in [0.2, 0.25) is 0 Å². The van der Waals surface area contributed by atoms with E-state index in [4.69, 9.17) is 9.26 Å². The molecule has 0 aliphatic carbocycles. The van der Waals surface area contributed by atoms with E-state index in [0.29, 0.717) is 5.82 Å². The summed E-state index contributed by atoms with van der Waals surface area (Å²) in [5, 5.41) is 3.99. The number of hydrogen-bond acceptors (Lipinski definition) is 6. The van der Waals surface area contributed by atoms with Gasteiger partial charge in [0.2, 0.25) is 21.7 Å². The van der Waals surface area contributed by atoms with Crippen LogP contribution < -0.4 is 9.46 Å². The maximum atomic E-state index is 12.8. The van der Waals surface area contributed by atoms with E-state index in [0.717, 1.165) is 29.7 Å². The van der Waals surface area contributed by atoms with Gasteiger partial charge in [-0.3, -0.25) is 0 Å². The lowest BCUT2D eigenvalue weighted by Gasteiger charge is -2.32. The highest BCUT2D eigenvalue weighted by atomic mass is 32.2. The van der Waals surface area contributed by atoms with Gasteiger partial charge in [0.25, 0.3) is 0 Å². The molecule has 0 saturated heterocycles. The van der Waals surface area contributed by atoms with Crippen molar-refractivity contribution in [1.82, 2.24) is 14.9 Å². The second kappa shape index (κ2) is 8.01. The minimum Gasteiger partial charge on any atom is -0.488 e. The van der Waals surface area contributed by atoms with Crippen LogP contribution in [-0.2, 0) is 28.4 Å². The Bertz CT molecular complexity index is 1220. The summed E-state index contributed by atoms with van der Waals surface area (Å²) < 4.78 is 39.3. The number of ether oxygens (including phenoxy) is 1. The molecule has 170 valence electrons. The van der Waals surface area contributed by atoms with Gasteiger partial charge in [-0.15, -0.1) is 0 Å². The Morgan fingerprint density at radius 2 is 1.81 bits per heavy atom. The highest BCUT2D eigenvalue weighted by molar-refractivity contribution is 7.89. The van der Waals surface area contributed by atoms with Crippen molar-refractivity contribution in [2.45, 2.75) is 69.9 Å². The lowest BCUT2D eigenvalue weighted by atomic mass is 9.87. The Morgan fingerprint density at radius 1 is 1.09 bits per heavy atom. The van der Waals surface area contributed by atoms with Gasteiger partial charge >= 0.3 is 0 Å². The molecule has 2 aromatic carbocycles. The van der Waals surface area contributed by atoms with Gasteiger partial charge in [-0.2, -0.15) is 4.98 Å². The molecule has 8 heteroatoms. The van der Waals surface area contributed by atoms with Gasteiger partial charge in [-0.05, 0) is 61.4 Å². The topological polar surface area (TPSA) is 94.3 Å². The van der Waals surface area contributed by atoms with E-state index >= 15 is 0 Å². The first kappa shape index (κ1) is 22.5. The van der Waals surface area contributed by atoms with E-state index in [9.17, 15) is 8.42 Å². The van der Waals surface area contributed by atoms with Crippen molar-refractivity contribution in [3.63, 3.8) is 0 Å². The second-order valence-corrected chi connectivity index (χ2v) is 11.6. The number of rotatable bonds is 5. The fourth-order valence-electron chi connectivity index (χ4n) is 3.61. The van der Waals surface area contributed by atoms with Crippen molar-refractivity contribution in [2.24, 2.45) is 0 Å². The number of sulfonamides is 1. The van der Waals surface area contributed by atoms with E-state index < -0.39 is 10.0 Å². The summed E-state index contributed by atoms with van der Waals surface area (Å²) >= 11 is 0. The number of nitrogens with zero attached hydrogens (tertiary/aromatic N) is 2. The largest absolute Gasteiger partial charge is 0.488 e. The summed E-state index contributed by atoms with van der Waals surface area (Å²) in [6, 6.07) is 12.9. The van der Waals surface area contributed by atoms with Crippen LogP contribution in [0.5, 0.6) is 5.75 Å². The number of nitrogens with one attached hydrogen (secondary N) is 1. The summed E-state index contributed by atoms with van der Waals surface area (Å²) in [5.74, 6) is 1.36. The molecular weight excluding hydrogens is 426 g/mol. The SMILES string of the molecule is CC1(C)CCc2cc(S(=O)(=O)NCc3nc(-c4ccc(C(C)(C)C)cc4)no3)ccc2O1. The molecule has 0 saturated carbocycles. The van der Waals surface area contributed by atoms with Crippen molar-refractivity contribution in [2.75, 3.05) is 0 Å². The monoisotopic (exact) mass is 455 g/mol. The minimum absolute atomic E-state index is 0.0538. The number of fused-ring (bicyclic) bond motifs is 1. The third kappa shape index (κ3) is 4.86. The Hall–Kier alpha value is -2.71. The van der Waals surface area contributed by atoms with E-state index in [1.165, 1.54) is 5.56 Å². The Balaban J connectivity index is 1.44. The summed E-state index contributed by atoms with van der Waals surface area (Å²) in [5.41, 5.74) is 2.73. The lowest BCUT2D eigenvalue weighted by Crippen LogP contribution is -2.32. The summed E-state index contributed by atoms with van der Waals surface area (Å²) in [6.45, 7) is 10.4. The molecule has 0 fully saturated rings. The van der Waals surface area contributed by atoms with Crippen LogP contribution in [0.3, 0.4) is 0 Å². The predicted octanol–water partition coefficient (Wildman–Crippen LogP) is 4.62. The normalized spacial score (nSPS) is 15.8. The quantitative estimate of drug-likeness (QED) is 0.603. The number of benzene rings is 2. The van der Waals surface area contributed by atoms with E-state index in [2.05, 4.69) is 35.6 Å². The molecule has 0 bridgehead atoms. The maximum absolute atomic E-state index is 12.8. The van der Waals surface area contributed by atoms with Crippen molar-refractivity contribution in [3.8, 4) is 17.1 Å². The Kier molecular flexibility index (Phi) is 5.63. The molecule has 4 rings (SSSR count). The van der Waals surface area contributed by atoms with E-state index in [1.54, 1.807) is 18.2 Å². The zero-order valence-electron chi connectivity index (χ0n) is 19.1. The first-order valence-electron chi connectivity index (χ1n) is 10.7. The molecule has 1 aromatic heterocycles. The standard InChI is InChI=1S/C24H29N3O4S/c1-23(2,3)18-8-6-16(7-9-18)22-26-21(31-27-22)15-25-32(28,29)19-10-11-20-17(14-19)12-13-24(4,5)30-20/h6-11,14,25H,12-13,15H2,1-5H3. The average molecular weight is 456 g/mol. The van der Waals surface area contributed by atoms with Gasteiger partial charge in [0, 0.05) is 5.56 Å². The molecule has 0 unspecified atom stereocenters. The van der Waals surface area contributed by atoms with Crippen LogP contribution in [0.4, 0.5) is 0 Å². The van der Waals surface area contributed by atoms with Crippen LogP contribution in [0.25, 0.3) is 11.4 Å². The van der Waals surface area contributed by atoms with Crippen molar-refractivity contribution >= 4 is 10.0 Å². The molecule has 0 amide bonds. The predicted molar refractivity (Wildman–Crippen MR) is 122 cm³/mol. The zero-order valence-corrected chi connectivity index (χ0v) is 19.9. The highest BCUT2D eigenvalue weighted by Gasteiger charge is 2.28. The van der Waals surface area contributed by atoms with Gasteiger partial charge in [-0.1, -0.05) is 50.2 Å². The molecule has 0 radical (unpaired) electrons. The average Bonchev–Trinajstić information content (AvgIpc) is 3.20. The molecule has 1 aliphatic rings. The maximum Gasteiger partial charge on any atom is 0.242 e. The molecular formula is C24H29N3O4S. The van der Waals surface area contributed by atoms with Crippen LogP contribution in [0.15, 0.2) is 51.9 Å². The lowest BCUT2D eigenvalue weighted by molar-refractivity contribution is 0.0845. The molecule has 1 N–H and O–H groups in total. The van der Waals surface area contributed by atoms with E-state index in [1.807, 2.05) is 38.1 Å². The number of hydrogen-bond donors (Lipinski definition) is 1. The smallest absolute Gasteiger partial charge is 0.242 e. The van der Waals surface area contributed by atoms with Gasteiger partial charge < -0.3 is 9.26 Å². The van der Waals surface area contributed by atoms with Gasteiger partial charge in [0.15, 0.2) is 0 Å². The third-order valence-corrected chi connectivity index (χ3v) is 7.01. The molecule has 32 heavy (non-hydrogen) atoms. The van der Waals surface area contributed by atoms with Crippen molar-refractivity contribution in [1.29, 1.82) is 0 Å². The summed E-state index contributed by atoms with van der Waals surface area (Å²) in [7, 11) is -3.73. The Labute approximate surface area is 189 Å². The zero-order chi connectivity index (χ0) is 23.1. The summed E-state index contributed by atoms with van der Waals surface area (Å²) in [6.07, 6.45) is 1.60. The van der Waals surface area contributed by atoms with Crippen LogP contribution >= 0.6 is 0 Å². The van der Waals surface area contributed by atoms with E-state index in [-0.39, 0.29) is 28.3 Å². The van der Waals surface area contributed by atoms with Crippen LogP contribution in [0, 0.1) is 0 Å².